The number of nitrogens with zero attached hydrogens (tertiary/aromatic N) is 5. The first-order chi connectivity index (χ1) is 13.6. The van der Waals surface area contributed by atoms with Gasteiger partial charge in [-0.3, -0.25) is 14.3 Å². The van der Waals surface area contributed by atoms with Crippen LogP contribution in [0.1, 0.15) is 32.1 Å². The number of piperazine rings is 1. The summed E-state index contributed by atoms with van der Waals surface area (Å²) >= 11 is 0. The molecule has 4 rings (SSSR count). The molecule has 1 aromatic heterocycles. The summed E-state index contributed by atoms with van der Waals surface area (Å²) in [6, 6.07) is 7.61. The normalized spacial score (nSPS) is 18.7. The van der Waals surface area contributed by atoms with Crippen LogP contribution in [-0.2, 0) is 16.1 Å². The zero-order chi connectivity index (χ0) is 19.6. The number of carbonyl (C=O) groups excluding carboxylic acids is 2. The Balaban J connectivity index is 1.52. The van der Waals surface area contributed by atoms with Gasteiger partial charge in [-0.1, -0.05) is 12.8 Å². The van der Waals surface area contributed by atoms with Crippen LogP contribution in [0.3, 0.4) is 0 Å². The second-order valence-corrected chi connectivity index (χ2v) is 7.52. The topological polar surface area (TPSA) is 80.6 Å². The molecule has 28 heavy (non-hydrogen) atoms. The number of carbonyl (C=O) groups is 2. The maximum absolute atomic E-state index is 13.1. The van der Waals surface area contributed by atoms with Crippen molar-refractivity contribution in [1.82, 2.24) is 19.7 Å². The van der Waals surface area contributed by atoms with E-state index in [0.717, 1.165) is 37.1 Å². The standard InChI is InChI=1S/C20H25N5O3/c1-28-17-6-4-16(5-7-17)25-19(27)12-23(13-20(25)9-2-3-10-20)18(26)8-11-24-15-21-14-22-24/h4-7,14-15H,2-3,8-13H2,1H3. The van der Waals surface area contributed by atoms with Gasteiger partial charge in [0.2, 0.25) is 11.8 Å². The van der Waals surface area contributed by atoms with Crippen LogP contribution in [0, 0.1) is 0 Å². The van der Waals surface area contributed by atoms with Crippen molar-refractivity contribution in [1.29, 1.82) is 0 Å². The number of hydrogen-bond donors (Lipinski definition) is 0. The summed E-state index contributed by atoms with van der Waals surface area (Å²) in [5, 5.41) is 4.03. The number of aromatic nitrogens is 3. The van der Waals surface area contributed by atoms with Crippen molar-refractivity contribution >= 4 is 17.5 Å². The van der Waals surface area contributed by atoms with E-state index in [-0.39, 0.29) is 23.9 Å². The Morgan fingerprint density at radius 3 is 2.61 bits per heavy atom. The van der Waals surface area contributed by atoms with E-state index in [1.165, 1.54) is 6.33 Å². The number of methoxy groups -OCH3 is 1. The summed E-state index contributed by atoms with van der Waals surface area (Å²) in [4.78, 5) is 33.5. The van der Waals surface area contributed by atoms with Gasteiger partial charge < -0.3 is 14.5 Å². The maximum Gasteiger partial charge on any atom is 0.247 e. The molecule has 2 fully saturated rings. The summed E-state index contributed by atoms with van der Waals surface area (Å²) in [5.74, 6) is 0.732. The predicted molar refractivity (Wildman–Crippen MR) is 103 cm³/mol. The van der Waals surface area contributed by atoms with E-state index in [0.29, 0.717) is 19.5 Å². The molecule has 0 atom stereocenters. The van der Waals surface area contributed by atoms with Gasteiger partial charge in [0.1, 0.15) is 24.9 Å². The van der Waals surface area contributed by atoms with Crippen molar-refractivity contribution in [2.75, 3.05) is 25.1 Å². The number of benzene rings is 1. The van der Waals surface area contributed by atoms with Crippen molar-refractivity contribution in [3.05, 3.63) is 36.9 Å². The lowest BCUT2D eigenvalue weighted by Crippen LogP contribution is -2.65. The minimum atomic E-state index is -0.313. The Labute approximate surface area is 164 Å². The fourth-order valence-electron chi connectivity index (χ4n) is 4.44. The van der Waals surface area contributed by atoms with E-state index in [4.69, 9.17) is 4.74 Å². The van der Waals surface area contributed by atoms with Crippen molar-refractivity contribution in [2.45, 2.75) is 44.2 Å². The van der Waals surface area contributed by atoms with E-state index in [9.17, 15) is 9.59 Å². The summed E-state index contributed by atoms with van der Waals surface area (Å²) in [5.41, 5.74) is 0.565. The number of rotatable bonds is 5. The first kappa shape index (κ1) is 18.5. The number of hydrogen-bond acceptors (Lipinski definition) is 5. The highest BCUT2D eigenvalue weighted by Crippen LogP contribution is 2.41. The molecule has 1 saturated carbocycles. The average Bonchev–Trinajstić information content (AvgIpc) is 3.39. The third kappa shape index (κ3) is 3.46. The molecule has 1 spiro atoms. The van der Waals surface area contributed by atoms with Gasteiger partial charge in [0.15, 0.2) is 0 Å². The zero-order valence-corrected chi connectivity index (χ0v) is 16.1. The third-order valence-corrected chi connectivity index (χ3v) is 5.77. The van der Waals surface area contributed by atoms with Gasteiger partial charge in [-0.15, -0.1) is 0 Å². The lowest BCUT2D eigenvalue weighted by atomic mass is 9.90. The number of aryl methyl sites for hydroxylation is 1. The Hall–Kier alpha value is -2.90. The molecule has 0 bridgehead atoms. The smallest absolute Gasteiger partial charge is 0.247 e. The average molecular weight is 383 g/mol. The summed E-state index contributed by atoms with van der Waals surface area (Å²) in [6.07, 6.45) is 7.33. The van der Waals surface area contributed by atoms with Gasteiger partial charge in [0.25, 0.3) is 0 Å². The molecule has 0 unspecified atom stereocenters. The fraction of sp³-hybridized carbons (Fsp3) is 0.500. The van der Waals surface area contributed by atoms with Gasteiger partial charge in [0.05, 0.1) is 19.2 Å². The van der Waals surface area contributed by atoms with Gasteiger partial charge in [0, 0.05) is 18.7 Å². The van der Waals surface area contributed by atoms with Gasteiger partial charge >= 0.3 is 0 Å². The molecular formula is C20H25N5O3. The van der Waals surface area contributed by atoms with Crippen molar-refractivity contribution in [2.24, 2.45) is 0 Å². The molecular weight excluding hydrogens is 358 g/mol. The van der Waals surface area contributed by atoms with Crippen LogP contribution < -0.4 is 9.64 Å². The van der Waals surface area contributed by atoms with Crippen LogP contribution in [-0.4, -0.2) is 57.2 Å². The van der Waals surface area contributed by atoms with E-state index in [1.54, 1.807) is 23.0 Å². The van der Waals surface area contributed by atoms with Crippen LogP contribution in [0.2, 0.25) is 0 Å². The molecule has 2 amide bonds. The predicted octanol–water partition coefficient (Wildman–Crippen LogP) is 1.86. The molecule has 2 aliphatic rings. The Morgan fingerprint density at radius 1 is 1.21 bits per heavy atom. The summed E-state index contributed by atoms with van der Waals surface area (Å²) in [6.45, 7) is 1.17. The largest absolute Gasteiger partial charge is 0.497 e. The minimum absolute atomic E-state index is 0.00972. The molecule has 1 aliphatic heterocycles. The van der Waals surface area contributed by atoms with Gasteiger partial charge in [-0.05, 0) is 37.1 Å². The number of ether oxygens (including phenoxy) is 1. The highest BCUT2D eigenvalue weighted by molar-refractivity contribution is 5.99. The first-order valence-electron chi connectivity index (χ1n) is 9.69. The van der Waals surface area contributed by atoms with E-state index < -0.39 is 0 Å². The Bertz CT molecular complexity index is 828. The maximum atomic E-state index is 13.1. The molecule has 2 aromatic rings. The molecule has 1 aromatic carbocycles. The van der Waals surface area contributed by atoms with Crippen molar-refractivity contribution in [3.8, 4) is 5.75 Å². The van der Waals surface area contributed by atoms with Crippen LogP contribution >= 0.6 is 0 Å². The quantitative estimate of drug-likeness (QED) is 0.787. The van der Waals surface area contributed by atoms with E-state index in [2.05, 4.69) is 10.1 Å². The van der Waals surface area contributed by atoms with Crippen molar-refractivity contribution < 1.29 is 14.3 Å². The second-order valence-electron chi connectivity index (χ2n) is 7.52. The minimum Gasteiger partial charge on any atom is -0.497 e. The molecule has 1 aliphatic carbocycles. The molecule has 1 saturated heterocycles. The zero-order valence-electron chi connectivity index (χ0n) is 16.1. The number of anilines is 1. The monoisotopic (exact) mass is 383 g/mol. The fourth-order valence-corrected chi connectivity index (χ4v) is 4.44. The number of amides is 2. The second kappa shape index (κ2) is 7.61. The molecule has 148 valence electrons. The van der Waals surface area contributed by atoms with E-state index >= 15 is 0 Å². The third-order valence-electron chi connectivity index (χ3n) is 5.77. The molecule has 0 radical (unpaired) electrons. The van der Waals surface area contributed by atoms with Crippen molar-refractivity contribution in [3.63, 3.8) is 0 Å². The van der Waals surface area contributed by atoms with Crippen LogP contribution in [0.15, 0.2) is 36.9 Å². The van der Waals surface area contributed by atoms with Crippen LogP contribution in [0.5, 0.6) is 5.75 Å². The molecule has 0 N–H and O–H groups in total. The molecule has 8 heteroatoms. The van der Waals surface area contributed by atoms with Gasteiger partial charge in [-0.25, -0.2) is 4.98 Å². The SMILES string of the molecule is COc1ccc(N2C(=O)CN(C(=O)CCn3cncn3)CC23CCCC3)cc1. The Kier molecular flexibility index (Phi) is 5.02. The summed E-state index contributed by atoms with van der Waals surface area (Å²) in [7, 11) is 1.63. The van der Waals surface area contributed by atoms with Gasteiger partial charge in [-0.2, -0.15) is 5.10 Å². The summed E-state index contributed by atoms with van der Waals surface area (Å²) < 4.78 is 6.88. The van der Waals surface area contributed by atoms with E-state index in [1.807, 2.05) is 29.2 Å². The highest BCUT2D eigenvalue weighted by atomic mass is 16.5. The molecule has 2 heterocycles. The lowest BCUT2D eigenvalue weighted by Gasteiger charge is -2.49. The highest BCUT2D eigenvalue weighted by Gasteiger charge is 2.48. The Morgan fingerprint density at radius 2 is 1.96 bits per heavy atom. The molecule has 8 nitrogen and oxygen atoms in total. The first-order valence-corrected chi connectivity index (χ1v) is 9.69. The van der Waals surface area contributed by atoms with Crippen LogP contribution in [0.25, 0.3) is 0 Å². The lowest BCUT2D eigenvalue weighted by molar-refractivity contribution is -0.139. The van der Waals surface area contributed by atoms with Crippen LogP contribution in [0.4, 0.5) is 5.69 Å².